The van der Waals surface area contributed by atoms with Crippen molar-refractivity contribution in [1.82, 2.24) is 30.0 Å². The van der Waals surface area contributed by atoms with Crippen molar-refractivity contribution >= 4 is 29.9 Å². The first-order valence-corrected chi connectivity index (χ1v) is 11.5. The quantitative estimate of drug-likeness (QED) is 0.290. The lowest BCUT2D eigenvalue weighted by molar-refractivity contribution is 0.383. The number of nitrogens with zero attached hydrogens (tertiary/aromatic N) is 6. The number of nitrogens with one attached hydrogen (secondary N) is 3. The van der Waals surface area contributed by atoms with Gasteiger partial charge in [0.1, 0.15) is 12.2 Å². The molecule has 0 amide bonds. The van der Waals surface area contributed by atoms with E-state index in [9.17, 15) is 4.39 Å². The van der Waals surface area contributed by atoms with Gasteiger partial charge in [0.15, 0.2) is 5.84 Å². The van der Waals surface area contributed by atoms with Crippen LogP contribution in [0.4, 0.5) is 10.3 Å². The summed E-state index contributed by atoms with van der Waals surface area (Å²) in [6.07, 6.45) is 10.0. The molecule has 11 heteroatoms. The van der Waals surface area contributed by atoms with Gasteiger partial charge in [-0.1, -0.05) is 23.9 Å². The van der Waals surface area contributed by atoms with Crippen molar-refractivity contribution in [2.75, 3.05) is 31.1 Å². The molecule has 0 radical (unpaired) electrons. The fraction of sp³-hybridized carbons (Fsp3) is 0.174. The number of hydrogen-bond acceptors (Lipinski definition) is 6. The van der Waals surface area contributed by atoms with Crippen LogP contribution >= 0.6 is 11.8 Å². The number of aromatic nitrogens is 5. The molecular weight excluding hydrogens is 453 g/mol. The van der Waals surface area contributed by atoms with E-state index in [1.807, 2.05) is 24.5 Å². The highest BCUT2D eigenvalue weighted by Crippen LogP contribution is 2.29. The van der Waals surface area contributed by atoms with Crippen LogP contribution in [0.5, 0.6) is 0 Å². The number of H-pyrrole nitrogens is 2. The number of aromatic amines is 2. The van der Waals surface area contributed by atoms with Crippen molar-refractivity contribution < 1.29 is 4.39 Å². The van der Waals surface area contributed by atoms with Gasteiger partial charge in [-0.3, -0.25) is 10.5 Å². The summed E-state index contributed by atoms with van der Waals surface area (Å²) in [7, 11) is 0. The first-order valence-electron chi connectivity index (χ1n) is 10.7. The monoisotopic (exact) mass is 475 g/mol. The van der Waals surface area contributed by atoms with Crippen LogP contribution in [-0.4, -0.2) is 68.4 Å². The molecule has 4 aromatic rings. The van der Waals surface area contributed by atoms with Crippen LogP contribution in [0.25, 0.3) is 11.1 Å². The standard InChI is InChI=1S/C23H22FN9S/c24-19-3-1-2-4-21(19)34-18-13-27-23(28-14-18)33-7-5-32(6-8-33)22(29-15-25)20-9-16(10-26-20)17-11-30-31-12-17/h1-4,9-15,25-26H,5-8H2,(H,30,31). The van der Waals surface area contributed by atoms with Crippen molar-refractivity contribution in [2.45, 2.75) is 9.79 Å². The summed E-state index contributed by atoms with van der Waals surface area (Å²) in [6, 6.07) is 8.67. The van der Waals surface area contributed by atoms with Gasteiger partial charge in [0, 0.05) is 71.9 Å². The average Bonchev–Trinajstić information content (AvgIpc) is 3.57. The highest BCUT2D eigenvalue weighted by molar-refractivity contribution is 7.99. The number of amidine groups is 1. The van der Waals surface area contributed by atoms with Gasteiger partial charge in [-0.05, 0) is 18.2 Å². The minimum atomic E-state index is -0.256. The molecule has 0 atom stereocenters. The molecule has 9 nitrogen and oxygen atoms in total. The van der Waals surface area contributed by atoms with Gasteiger partial charge in [0.25, 0.3) is 0 Å². The van der Waals surface area contributed by atoms with Crippen molar-refractivity contribution in [3.8, 4) is 11.1 Å². The second kappa shape index (κ2) is 9.87. The summed E-state index contributed by atoms with van der Waals surface area (Å²) in [5.74, 6) is 1.11. The van der Waals surface area contributed by atoms with Gasteiger partial charge in [-0.15, -0.1) is 0 Å². The third-order valence-corrected chi connectivity index (χ3v) is 6.48. The highest BCUT2D eigenvalue weighted by atomic mass is 32.2. The number of aliphatic imine (C=N–C) groups is 1. The van der Waals surface area contributed by atoms with Crippen molar-refractivity contribution in [1.29, 1.82) is 5.41 Å². The predicted molar refractivity (Wildman–Crippen MR) is 130 cm³/mol. The van der Waals surface area contributed by atoms with E-state index in [1.165, 1.54) is 17.8 Å². The van der Waals surface area contributed by atoms with Gasteiger partial charge in [0.05, 0.1) is 11.9 Å². The molecule has 1 aromatic carbocycles. The molecular formula is C23H22FN9S. The summed E-state index contributed by atoms with van der Waals surface area (Å²) >= 11 is 1.30. The molecule has 4 heterocycles. The molecule has 3 aromatic heterocycles. The van der Waals surface area contributed by atoms with Crippen molar-refractivity contribution in [2.24, 2.45) is 4.99 Å². The molecule has 0 aliphatic carbocycles. The van der Waals surface area contributed by atoms with E-state index in [-0.39, 0.29) is 5.82 Å². The van der Waals surface area contributed by atoms with Crippen LogP contribution in [0.15, 0.2) is 76.1 Å². The third-order valence-electron chi connectivity index (χ3n) is 5.48. The Labute approximate surface area is 199 Å². The Bertz CT molecular complexity index is 1280. The summed E-state index contributed by atoms with van der Waals surface area (Å²) in [6.45, 7) is 2.85. The van der Waals surface area contributed by atoms with E-state index in [0.29, 0.717) is 37.0 Å². The Balaban J connectivity index is 1.23. The lowest BCUT2D eigenvalue weighted by atomic mass is 10.2. The van der Waals surface area contributed by atoms with Crippen molar-refractivity contribution in [3.05, 3.63) is 72.8 Å². The zero-order valence-corrected chi connectivity index (χ0v) is 19.0. The molecule has 0 bridgehead atoms. The third kappa shape index (κ3) is 4.69. The molecule has 1 aliphatic heterocycles. The van der Waals surface area contributed by atoms with Crippen LogP contribution in [0.1, 0.15) is 5.69 Å². The fourth-order valence-electron chi connectivity index (χ4n) is 3.78. The van der Waals surface area contributed by atoms with Gasteiger partial charge >= 0.3 is 0 Å². The van der Waals surface area contributed by atoms with Gasteiger partial charge in [-0.2, -0.15) is 5.10 Å². The smallest absolute Gasteiger partial charge is 0.225 e. The number of rotatable bonds is 6. The first-order chi connectivity index (χ1) is 16.7. The lowest BCUT2D eigenvalue weighted by Crippen LogP contribution is -2.49. The number of benzene rings is 1. The number of halogens is 1. The molecule has 34 heavy (non-hydrogen) atoms. The summed E-state index contributed by atoms with van der Waals surface area (Å²) < 4.78 is 13.9. The van der Waals surface area contributed by atoms with Crippen LogP contribution in [-0.2, 0) is 0 Å². The Hall–Kier alpha value is -3.99. The van der Waals surface area contributed by atoms with E-state index >= 15 is 0 Å². The van der Waals surface area contributed by atoms with Crippen LogP contribution in [0, 0.1) is 11.2 Å². The molecule has 5 rings (SSSR count). The van der Waals surface area contributed by atoms with E-state index in [1.54, 1.807) is 30.7 Å². The minimum Gasteiger partial charge on any atom is -0.358 e. The normalized spacial score (nSPS) is 14.4. The van der Waals surface area contributed by atoms with E-state index in [0.717, 1.165) is 33.9 Å². The summed E-state index contributed by atoms with van der Waals surface area (Å²) in [4.78, 5) is 22.2. The van der Waals surface area contributed by atoms with Gasteiger partial charge < -0.3 is 14.8 Å². The molecule has 3 N–H and O–H groups in total. The van der Waals surface area contributed by atoms with E-state index in [4.69, 9.17) is 5.41 Å². The molecule has 0 unspecified atom stereocenters. The van der Waals surface area contributed by atoms with E-state index < -0.39 is 0 Å². The zero-order chi connectivity index (χ0) is 23.3. The fourth-order valence-corrected chi connectivity index (χ4v) is 4.56. The van der Waals surface area contributed by atoms with Crippen molar-refractivity contribution in [3.63, 3.8) is 0 Å². The van der Waals surface area contributed by atoms with Crippen LogP contribution in [0.2, 0.25) is 0 Å². The molecule has 0 spiro atoms. The van der Waals surface area contributed by atoms with Gasteiger partial charge in [0.2, 0.25) is 5.95 Å². The maximum Gasteiger partial charge on any atom is 0.225 e. The van der Waals surface area contributed by atoms with Crippen LogP contribution < -0.4 is 4.90 Å². The summed E-state index contributed by atoms with van der Waals surface area (Å²) in [5.41, 5.74) is 2.83. The molecule has 1 saturated heterocycles. The number of piperazine rings is 1. The number of hydrogen-bond donors (Lipinski definition) is 3. The van der Waals surface area contributed by atoms with Crippen LogP contribution in [0.3, 0.4) is 0 Å². The van der Waals surface area contributed by atoms with E-state index in [2.05, 4.69) is 39.9 Å². The molecule has 1 fully saturated rings. The Kier molecular flexibility index (Phi) is 6.34. The Morgan fingerprint density at radius 3 is 2.56 bits per heavy atom. The number of anilines is 1. The maximum absolute atomic E-state index is 13.9. The summed E-state index contributed by atoms with van der Waals surface area (Å²) in [5, 5.41) is 14.3. The highest BCUT2D eigenvalue weighted by Gasteiger charge is 2.23. The van der Waals surface area contributed by atoms with Gasteiger partial charge in [-0.25, -0.2) is 19.4 Å². The molecule has 172 valence electrons. The first kappa shape index (κ1) is 21.8. The predicted octanol–water partition coefficient (Wildman–Crippen LogP) is 3.66. The topological polar surface area (TPSA) is 113 Å². The second-order valence-electron chi connectivity index (χ2n) is 7.60. The lowest BCUT2D eigenvalue weighted by Gasteiger charge is -2.36. The Morgan fingerprint density at radius 2 is 1.85 bits per heavy atom. The SMILES string of the molecule is N=CN=C(c1cc(-c2cn[nH]c2)c[nH]1)N1CCN(c2ncc(Sc3ccccc3F)cn2)CC1. The molecule has 0 saturated carbocycles. The maximum atomic E-state index is 13.9. The Morgan fingerprint density at radius 1 is 1.06 bits per heavy atom. The zero-order valence-electron chi connectivity index (χ0n) is 18.1. The average molecular weight is 476 g/mol. The minimum absolute atomic E-state index is 0.256. The largest absolute Gasteiger partial charge is 0.358 e. The molecule has 1 aliphatic rings. The second-order valence-corrected chi connectivity index (χ2v) is 8.71.